The summed E-state index contributed by atoms with van der Waals surface area (Å²) in [5.41, 5.74) is 7.99. The second-order valence-corrected chi connectivity index (χ2v) is 15.9. The zero-order chi connectivity index (χ0) is 40.2. The predicted octanol–water partition coefficient (Wildman–Crippen LogP) is 8.36. The quantitative estimate of drug-likeness (QED) is 0.144. The third-order valence-corrected chi connectivity index (χ3v) is 10.4. The van der Waals surface area contributed by atoms with Crippen LogP contribution < -0.4 is 24.4 Å². The number of fused-ring (bicyclic) bond motifs is 2. The van der Waals surface area contributed by atoms with Gasteiger partial charge in [0.1, 0.15) is 35.6 Å². The van der Waals surface area contributed by atoms with Gasteiger partial charge in [0.25, 0.3) is 0 Å². The van der Waals surface area contributed by atoms with Crippen LogP contribution >= 0.6 is 0 Å². The number of anilines is 2. The van der Waals surface area contributed by atoms with Crippen molar-refractivity contribution in [1.29, 1.82) is 0 Å². The highest BCUT2D eigenvalue weighted by Gasteiger charge is 2.34. The number of carbonyl (C=O) groups excluding carboxylic acids is 1. The maximum atomic E-state index is 13.1. The fourth-order valence-electron chi connectivity index (χ4n) is 7.42. The van der Waals surface area contributed by atoms with Gasteiger partial charge in [0, 0.05) is 66.4 Å². The van der Waals surface area contributed by atoms with Gasteiger partial charge in [-0.15, -0.1) is 0 Å². The molecule has 0 saturated carbocycles. The number of ether oxygens (including phenoxy) is 6. The molecule has 0 radical (unpaired) electrons. The summed E-state index contributed by atoms with van der Waals surface area (Å²) < 4.78 is 36.1. The van der Waals surface area contributed by atoms with Gasteiger partial charge in [0.2, 0.25) is 5.88 Å². The van der Waals surface area contributed by atoms with Crippen molar-refractivity contribution in [1.82, 2.24) is 14.9 Å². The zero-order valence-corrected chi connectivity index (χ0v) is 33.8. The van der Waals surface area contributed by atoms with Crippen molar-refractivity contribution in [3.63, 3.8) is 0 Å². The van der Waals surface area contributed by atoms with Crippen molar-refractivity contribution in [2.45, 2.75) is 58.5 Å². The third kappa shape index (κ3) is 9.14. The molecule has 1 amide bonds. The number of hydrogen-bond donors (Lipinski definition) is 1. The average Bonchev–Trinajstić information content (AvgIpc) is 3.24. The van der Waals surface area contributed by atoms with E-state index in [0.717, 1.165) is 80.9 Å². The van der Waals surface area contributed by atoms with Gasteiger partial charge in [-0.1, -0.05) is 30.3 Å². The molecule has 3 aliphatic rings. The van der Waals surface area contributed by atoms with Gasteiger partial charge in [-0.05, 0) is 87.4 Å². The van der Waals surface area contributed by atoms with Crippen LogP contribution in [0.2, 0.25) is 0 Å². The Balaban J connectivity index is 1.05. The Morgan fingerprint density at radius 1 is 0.948 bits per heavy atom. The minimum atomic E-state index is -0.592. The Labute approximate surface area is 340 Å². The van der Waals surface area contributed by atoms with Crippen LogP contribution in [0, 0.1) is 6.92 Å². The van der Waals surface area contributed by atoms with E-state index in [0.29, 0.717) is 51.8 Å². The number of rotatable bonds is 10. The maximum Gasteiger partial charge on any atom is 0.410 e. The van der Waals surface area contributed by atoms with Gasteiger partial charge in [0.05, 0.1) is 50.9 Å². The third-order valence-electron chi connectivity index (χ3n) is 10.4. The van der Waals surface area contributed by atoms with E-state index in [4.69, 9.17) is 38.4 Å². The Hall–Kier alpha value is -5.85. The molecule has 2 fully saturated rings. The second kappa shape index (κ2) is 16.9. The Morgan fingerprint density at radius 2 is 1.78 bits per heavy atom. The number of amides is 1. The topological polar surface area (TPSA) is 117 Å². The normalized spacial score (nSPS) is 17.0. The predicted molar refractivity (Wildman–Crippen MR) is 222 cm³/mol. The second-order valence-electron chi connectivity index (χ2n) is 15.9. The van der Waals surface area contributed by atoms with Crippen molar-refractivity contribution >= 4 is 17.5 Å². The van der Waals surface area contributed by atoms with Crippen LogP contribution in [0.25, 0.3) is 11.3 Å². The Morgan fingerprint density at radius 3 is 2.53 bits per heavy atom. The standard InChI is InChI=1S/C46H51N5O7/c1-30-9-15-38(47-27-30)43(41-28-51(19-22-55-41)45(52)58-46(2,3)4)48-34-12-16-40-33(24-34)23-32-7-6-8-37(44(32)57-40)39-25-35(50-17-20-54-21-18-50)26-42(49-39)56-29-31-10-13-36(53-5)14-11-31/h6-16,24-27,41,43,48H,17-23,28-29H2,1-5H3/t41-,43?/m1/s1. The summed E-state index contributed by atoms with van der Waals surface area (Å²) in [5, 5.41) is 3.71. The van der Waals surface area contributed by atoms with Crippen LogP contribution in [-0.4, -0.2) is 85.8 Å². The molecule has 5 heterocycles. The highest BCUT2D eigenvalue weighted by atomic mass is 16.6. The number of nitrogens with one attached hydrogen (secondary N) is 1. The van der Waals surface area contributed by atoms with Crippen LogP contribution in [0.4, 0.5) is 16.2 Å². The lowest BCUT2D eigenvalue weighted by Crippen LogP contribution is -2.50. The summed E-state index contributed by atoms with van der Waals surface area (Å²) in [6, 6.07) is 28.1. The van der Waals surface area contributed by atoms with Crippen molar-refractivity contribution < 1.29 is 33.2 Å². The van der Waals surface area contributed by atoms with Crippen molar-refractivity contribution in [3.8, 4) is 34.4 Å². The number of hydrogen-bond acceptors (Lipinski definition) is 11. The monoisotopic (exact) mass is 785 g/mol. The zero-order valence-electron chi connectivity index (χ0n) is 33.8. The van der Waals surface area contributed by atoms with E-state index in [-0.39, 0.29) is 18.2 Å². The minimum Gasteiger partial charge on any atom is -0.497 e. The van der Waals surface area contributed by atoms with Crippen LogP contribution in [0.5, 0.6) is 23.1 Å². The molecule has 3 aliphatic heterocycles. The van der Waals surface area contributed by atoms with Gasteiger partial charge in [-0.3, -0.25) is 4.98 Å². The molecular formula is C46H51N5O7. The number of morpholine rings is 2. The van der Waals surface area contributed by atoms with E-state index in [1.807, 2.05) is 88.5 Å². The molecule has 2 saturated heterocycles. The van der Waals surface area contributed by atoms with Crippen molar-refractivity contribution in [2.75, 3.05) is 63.3 Å². The van der Waals surface area contributed by atoms with Crippen LogP contribution in [0.3, 0.4) is 0 Å². The molecule has 302 valence electrons. The number of pyridine rings is 2. The first-order chi connectivity index (χ1) is 28.1. The smallest absolute Gasteiger partial charge is 0.410 e. The summed E-state index contributed by atoms with van der Waals surface area (Å²) >= 11 is 0. The largest absolute Gasteiger partial charge is 0.497 e. The molecule has 12 heteroatoms. The molecule has 1 unspecified atom stereocenters. The lowest BCUT2D eigenvalue weighted by atomic mass is 9.95. The summed E-state index contributed by atoms with van der Waals surface area (Å²) in [4.78, 5) is 26.9. The van der Waals surface area contributed by atoms with Gasteiger partial charge in [0.15, 0.2) is 0 Å². The number of para-hydroxylation sites is 1. The molecule has 58 heavy (non-hydrogen) atoms. The Kier molecular flexibility index (Phi) is 11.4. The maximum absolute atomic E-state index is 13.1. The van der Waals surface area contributed by atoms with E-state index in [2.05, 4.69) is 40.5 Å². The van der Waals surface area contributed by atoms with E-state index in [1.165, 1.54) is 0 Å². The highest BCUT2D eigenvalue weighted by Crippen LogP contribution is 2.44. The first kappa shape index (κ1) is 39.0. The first-order valence-corrected chi connectivity index (χ1v) is 19.9. The van der Waals surface area contributed by atoms with Crippen LogP contribution in [0.1, 0.15) is 54.8 Å². The Bertz CT molecular complexity index is 2220. The SMILES string of the molecule is COc1ccc(COc2cc(N3CCOCC3)cc(-c3cccc4c3Oc3ccc(NC(c5ccc(C)cn5)[C@H]5CN(C(=O)OC(C)(C)C)CCO5)cc3C4)n2)cc1. The van der Waals surface area contributed by atoms with Crippen molar-refractivity contribution in [2.24, 2.45) is 0 Å². The van der Waals surface area contributed by atoms with E-state index in [9.17, 15) is 4.79 Å². The van der Waals surface area contributed by atoms with Crippen LogP contribution in [-0.2, 0) is 27.2 Å². The summed E-state index contributed by atoms with van der Waals surface area (Å²) in [6.07, 6.45) is 1.81. The van der Waals surface area contributed by atoms with Gasteiger partial charge < -0.3 is 43.5 Å². The number of aryl methyl sites for hydroxylation is 1. The molecule has 1 N–H and O–H groups in total. The average molecular weight is 786 g/mol. The van der Waals surface area contributed by atoms with Gasteiger partial charge >= 0.3 is 6.09 Å². The number of aromatic nitrogens is 2. The van der Waals surface area contributed by atoms with E-state index < -0.39 is 5.60 Å². The number of carbonyl (C=O) groups is 1. The molecule has 3 aromatic carbocycles. The molecule has 8 rings (SSSR count). The highest BCUT2D eigenvalue weighted by molar-refractivity contribution is 5.75. The molecule has 0 aliphatic carbocycles. The van der Waals surface area contributed by atoms with Gasteiger partial charge in [-0.2, -0.15) is 0 Å². The number of methoxy groups -OCH3 is 1. The molecular weight excluding hydrogens is 735 g/mol. The van der Waals surface area contributed by atoms with E-state index >= 15 is 0 Å². The molecule has 0 bridgehead atoms. The van der Waals surface area contributed by atoms with Crippen LogP contribution in [0.15, 0.2) is 91.1 Å². The minimum absolute atomic E-state index is 0.335. The summed E-state index contributed by atoms with van der Waals surface area (Å²) in [7, 11) is 1.66. The molecule has 2 atom stereocenters. The summed E-state index contributed by atoms with van der Waals surface area (Å²) in [5.74, 6) is 2.89. The lowest BCUT2D eigenvalue weighted by Gasteiger charge is -2.38. The number of benzene rings is 3. The molecule has 2 aromatic heterocycles. The molecule has 0 spiro atoms. The summed E-state index contributed by atoms with van der Waals surface area (Å²) in [6.45, 7) is 12.1. The van der Waals surface area contributed by atoms with Gasteiger partial charge in [-0.25, -0.2) is 9.78 Å². The number of nitrogens with zero attached hydrogens (tertiary/aromatic N) is 4. The molecule has 5 aromatic rings. The van der Waals surface area contributed by atoms with E-state index in [1.54, 1.807) is 12.0 Å². The fourth-order valence-corrected chi connectivity index (χ4v) is 7.42. The lowest BCUT2D eigenvalue weighted by molar-refractivity contribution is -0.0488. The van der Waals surface area contributed by atoms with Crippen molar-refractivity contribution in [3.05, 3.63) is 119 Å². The first-order valence-electron chi connectivity index (χ1n) is 19.9. The molecule has 12 nitrogen and oxygen atoms in total. The fraction of sp³-hybridized carbons (Fsp3) is 0.370.